The molecule has 4 amide bonds. The normalized spacial score (nSPS) is 18.5. The molecule has 2 aromatic heterocycles. The number of amides is 4. The topological polar surface area (TPSA) is 195 Å². The predicted molar refractivity (Wildman–Crippen MR) is 234 cm³/mol. The summed E-state index contributed by atoms with van der Waals surface area (Å²) in [5, 5.41) is 17.5. The molecule has 15 heteroatoms. The van der Waals surface area contributed by atoms with Crippen molar-refractivity contribution < 1.29 is 33.8 Å². The van der Waals surface area contributed by atoms with Gasteiger partial charge in [0, 0.05) is 25.1 Å². The number of aromatic nitrogens is 4. The number of nitrogens with one attached hydrogen (secondary N) is 4. The molecular weight excluding hydrogens is 801 g/mol. The van der Waals surface area contributed by atoms with Crippen LogP contribution in [0.5, 0.6) is 0 Å². The van der Waals surface area contributed by atoms with Crippen LogP contribution in [0.15, 0.2) is 97.3 Å². The predicted octanol–water partition coefficient (Wildman–Crippen LogP) is 7.16. The molecule has 5 N–H and O–H groups in total. The van der Waals surface area contributed by atoms with E-state index in [4.69, 9.17) is 9.47 Å². The molecule has 0 saturated carbocycles. The fraction of sp³-hybridized carbons (Fsp3) is 0.375. The quantitative estimate of drug-likeness (QED) is 0.0957. The van der Waals surface area contributed by atoms with E-state index >= 15 is 0 Å². The number of H-pyrrole nitrogens is 2. The number of aromatic amines is 2. The van der Waals surface area contributed by atoms with Crippen LogP contribution in [0, 0.1) is 11.8 Å². The minimum absolute atomic E-state index is 0.212. The average Bonchev–Trinajstić information content (AvgIpc) is 4.08. The van der Waals surface area contributed by atoms with Crippen LogP contribution in [-0.4, -0.2) is 83.1 Å². The first-order chi connectivity index (χ1) is 30.0. The van der Waals surface area contributed by atoms with Crippen LogP contribution in [0.3, 0.4) is 0 Å². The highest BCUT2D eigenvalue weighted by molar-refractivity contribution is 5.88. The molecule has 4 heterocycles. The van der Waals surface area contributed by atoms with Crippen LogP contribution in [-0.2, 0) is 24.8 Å². The van der Waals surface area contributed by atoms with Gasteiger partial charge in [-0.15, -0.1) is 0 Å². The highest BCUT2D eigenvalue weighted by Gasteiger charge is 2.48. The summed E-state index contributed by atoms with van der Waals surface area (Å²) in [5.74, 6) is 6.39. The Morgan fingerprint density at radius 2 is 1.33 bits per heavy atom. The van der Waals surface area contributed by atoms with Gasteiger partial charge >= 0.3 is 12.2 Å². The maximum absolute atomic E-state index is 14.2. The number of likely N-dealkylation sites (tertiary alicyclic amines) is 2. The van der Waals surface area contributed by atoms with E-state index < -0.39 is 47.1 Å². The number of benzene rings is 3. The number of carbonyl (C=O) groups excluding carboxylic acids is 4. The Labute approximate surface area is 367 Å². The molecular formula is C48H54N8O7. The minimum atomic E-state index is -1.74. The number of alkyl carbamates (subject to hydrolysis) is 2. The Morgan fingerprint density at radius 3 is 1.92 bits per heavy atom. The van der Waals surface area contributed by atoms with Crippen molar-refractivity contribution in [2.45, 2.75) is 102 Å². The van der Waals surface area contributed by atoms with Crippen molar-refractivity contribution in [3.63, 3.8) is 0 Å². The molecule has 63 heavy (non-hydrogen) atoms. The lowest BCUT2D eigenvalue weighted by atomic mass is 10.0. The third-order valence-electron chi connectivity index (χ3n) is 10.6. The molecule has 0 bridgehead atoms. The summed E-state index contributed by atoms with van der Waals surface area (Å²) in [4.78, 5) is 72.7. The van der Waals surface area contributed by atoms with E-state index in [0.717, 1.165) is 17.5 Å². The molecule has 2 unspecified atom stereocenters. The lowest BCUT2D eigenvalue weighted by molar-refractivity contribution is -0.158. The third-order valence-corrected chi connectivity index (χ3v) is 10.6. The first kappa shape index (κ1) is 44.1. The van der Waals surface area contributed by atoms with E-state index in [1.807, 2.05) is 48.5 Å². The van der Waals surface area contributed by atoms with Crippen molar-refractivity contribution in [3.8, 4) is 23.1 Å². The molecule has 3 aromatic carbocycles. The SMILES string of the molecule is CC(C)(C)OC(=O)NC(C(=O)N1CCC[C@]1(O)c1ncc(-c2ccc(C#Cc3cnc(C4CCCN4C(=O)[C@H](NC(=O)OC(C)(C)C)c4ccccc4)[nH]3)cc2)[nH]1)c1ccccc1. The fourth-order valence-corrected chi connectivity index (χ4v) is 7.81. The van der Waals surface area contributed by atoms with Crippen LogP contribution < -0.4 is 10.6 Å². The van der Waals surface area contributed by atoms with Gasteiger partial charge in [-0.2, -0.15) is 0 Å². The summed E-state index contributed by atoms with van der Waals surface area (Å²) in [7, 11) is 0. The molecule has 15 nitrogen and oxygen atoms in total. The van der Waals surface area contributed by atoms with Gasteiger partial charge in [-0.25, -0.2) is 19.6 Å². The van der Waals surface area contributed by atoms with E-state index in [0.29, 0.717) is 47.7 Å². The zero-order valence-electron chi connectivity index (χ0n) is 36.4. The number of imidazole rings is 2. The van der Waals surface area contributed by atoms with Gasteiger partial charge in [0.25, 0.3) is 11.8 Å². The molecule has 0 spiro atoms. The van der Waals surface area contributed by atoms with Crippen molar-refractivity contribution in [2.24, 2.45) is 0 Å². The van der Waals surface area contributed by atoms with Gasteiger partial charge in [-0.05, 0) is 95.5 Å². The summed E-state index contributed by atoms with van der Waals surface area (Å²) in [6.45, 7) is 11.3. The molecule has 7 rings (SSSR count). The summed E-state index contributed by atoms with van der Waals surface area (Å²) >= 11 is 0. The van der Waals surface area contributed by atoms with Crippen LogP contribution in [0.4, 0.5) is 9.59 Å². The Kier molecular flexibility index (Phi) is 12.8. The minimum Gasteiger partial charge on any atom is -0.444 e. The van der Waals surface area contributed by atoms with Crippen molar-refractivity contribution in [3.05, 3.63) is 131 Å². The van der Waals surface area contributed by atoms with E-state index in [-0.39, 0.29) is 30.7 Å². The number of ether oxygens (including phenoxy) is 2. The monoisotopic (exact) mass is 854 g/mol. The van der Waals surface area contributed by atoms with E-state index in [2.05, 4.69) is 42.4 Å². The Balaban J connectivity index is 1.02. The van der Waals surface area contributed by atoms with Gasteiger partial charge in [0.2, 0.25) is 0 Å². The van der Waals surface area contributed by atoms with Gasteiger partial charge in [0.1, 0.15) is 34.8 Å². The van der Waals surface area contributed by atoms with Gasteiger partial charge in [0.15, 0.2) is 11.5 Å². The van der Waals surface area contributed by atoms with Gasteiger partial charge in [-0.1, -0.05) is 78.7 Å². The van der Waals surface area contributed by atoms with Gasteiger partial charge in [-0.3, -0.25) is 9.59 Å². The number of nitrogens with zero attached hydrogens (tertiary/aromatic N) is 4. The fourth-order valence-electron chi connectivity index (χ4n) is 7.81. The summed E-state index contributed by atoms with van der Waals surface area (Å²) in [6, 6.07) is 23.1. The maximum atomic E-state index is 14.2. The Hall–Kier alpha value is -6.92. The third kappa shape index (κ3) is 10.6. The average molecular weight is 855 g/mol. The van der Waals surface area contributed by atoms with Crippen LogP contribution in [0.2, 0.25) is 0 Å². The van der Waals surface area contributed by atoms with Crippen LogP contribution >= 0.6 is 0 Å². The highest BCUT2D eigenvalue weighted by Crippen LogP contribution is 2.38. The van der Waals surface area contributed by atoms with Gasteiger partial charge < -0.3 is 45.0 Å². The largest absolute Gasteiger partial charge is 0.444 e. The second kappa shape index (κ2) is 18.2. The van der Waals surface area contributed by atoms with Crippen molar-refractivity contribution in [1.82, 2.24) is 40.4 Å². The van der Waals surface area contributed by atoms with Crippen molar-refractivity contribution >= 4 is 24.0 Å². The molecule has 2 aliphatic heterocycles. The second-order valence-electron chi connectivity index (χ2n) is 17.7. The van der Waals surface area contributed by atoms with E-state index in [9.17, 15) is 24.3 Å². The molecule has 0 aliphatic carbocycles. The standard InChI is InChI=1S/C48H54N8O7/c1-46(2,3)62-44(59)53-38(33-15-9-7-10-16-33)41(57)55-27-13-19-37(55)40-49-29-35(51-40)25-22-31-20-23-32(24-21-31)36-30-50-43(52-36)48(61)26-14-28-56(48)42(58)39(34-17-11-8-12-18-34)54-45(60)63-47(4,5)6/h7-12,15-18,20-21,23-24,29-30,37-39,61H,13-14,19,26-28H2,1-6H3,(H,49,51)(H,50,52)(H,53,59)(H,54,60)/t37?,38-,39?,48+/m1/s1. The van der Waals surface area contributed by atoms with Crippen molar-refractivity contribution in [1.29, 1.82) is 0 Å². The van der Waals surface area contributed by atoms with Gasteiger partial charge in [0.05, 0.1) is 24.1 Å². The maximum Gasteiger partial charge on any atom is 0.408 e. The first-order valence-electron chi connectivity index (χ1n) is 21.1. The number of rotatable bonds is 9. The summed E-state index contributed by atoms with van der Waals surface area (Å²) < 4.78 is 11.0. The number of carbonyl (C=O) groups is 4. The number of hydrogen-bond acceptors (Lipinski definition) is 9. The Morgan fingerprint density at radius 1 is 0.746 bits per heavy atom. The Bertz CT molecular complexity index is 2480. The zero-order chi connectivity index (χ0) is 44.9. The summed E-state index contributed by atoms with van der Waals surface area (Å²) in [6.07, 6.45) is 4.08. The smallest absolute Gasteiger partial charge is 0.408 e. The zero-order valence-corrected chi connectivity index (χ0v) is 36.4. The molecule has 4 atom stereocenters. The molecule has 2 aliphatic rings. The molecule has 5 aromatic rings. The second-order valence-corrected chi connectivity index (χ2v) is 17.7. The number of aliphatic hydroxyl groups is 1. The lowest BCUT2D eigenvalue weighted by Crippen LogP contribution is -2.51. The first-order valence-corrected chi connectivity index (χ1v) is 21.1. The highest BCUT2D eigenvalue weighted by atomic mass is 16.6. The number of hydrogen-bond donors (Lipinski definition) is 5. The van der Waals surface area contributed by atoms with E-state index in [1.165, 1.54) is 4.90 Å². The molecule has 0 radical (unpaired) electrons. The molecule has 2 fully saturated rings. The molecule has 328 valence electrons. The van der Waals surface area contributed by atoms with E-state index in [1.54, 1.807) is 95.2 Å². The van der Waals surface area contributed by atoms with Crippen molar-refractivity contribution in [2.75, 3.05) is 13.1 Å². The summed E-state index contributed by atoms with van der Waals surface area (Å²) in [5.41, 5.74) is 0.700. The van der Waals surface area contributed by atoms with Crippen LogP contribution in [0.1, 0.15) is 119 Å². The lowest BCUT2D eigenvalue weighted by Gasteiger charge is -2.35. The van der Waals surface area contributed by atoms with Crippen LogP contribution in [0.25, 0.3) is 11.3 Å². The molecule has 2 saturated heterocycles.